The highest BCUT2D eigenvalue weighted by atomic mass is 35.5. The van der Waals surface area contributed by atoms with E-state index in [4.69, 9.17) is 16.3 Å². The number of benzene rings is 1. The minimum atomic E-state index is -3.63. The topological polar surface area (TPSA) is 67.4 Å². The van der Waals surface area contributed by atoms with Gasteiger partial charge in [-0.3, -0.25) is 0 Å². The van der Waals surface area contributed by atoms with E-state index < -0.39 is 10.0 Å². The third-order valence-electron chi connectivity index (χ3n) is 3.73. The van der Waals surface area contributed by atoms with Crippen LogP contribution in [-0.2, 0) is 14.8 Å². The largest absolute Gasteiger partial charge is 0.383 e. The molecule has 2 rings (SSSR count). The Morgan fingerprint density at radius 2 is 2.18 bits per heavy atom. The molecule has 0 spiro atoms. The molecule has 2 N–H and O–H groups in total. The van der Waals surface area contributed by atoms with E-state index in [1.807, 2.05) is 6.92 Å². The number of methoxy groups -OCH3 is 1. The molecule has 0 radical (unpaired) electrons. The first-order valence-electron chi connectivity index (χ1n) is 6.88. The van der Waals surface area contributed by atoms with Crippen molar-refractivity contribution >= 4 is 34.0 Å². The molecular formula is C14H22Cl2N2O3S. The first kappa shape index (κ1) is 19.7. The lowest BCUT2D eigenvalue weighted by Gasteiger charge is -2.28. The normalized spacial score (nSPS) is 21.6. The summed E-state index contributed by atoms with van der Waals surface area (Å²) in [7, 11) is -2.01. The average molecular weight is 369 g/mol. The van der Waals surface area contributed by atoms with E-state index in [9.17, 15) is 8.42 Å². The van der Waals surface area contributed by atoms with Crippen molar-refractivity contribution in [3.63, 3.8) is 0 Å². The maximum Gasteiger partial charge on any atom is 0.242 e. The van der Waals surface area contributed by atoms with Crippen LogP contribution in [0.1, 0.15) is 18.4 Å². The second-order valence-electron chi connectivity index (χ2n) is 5.50. The van der Waals surface area contributed by atoms with E-state index in [0.29, 0.717) is 6.61 Å². The molecular weight excluding hydrogens is 347 g/mol. The zero-order chi connectivity index (χ0) is 15.5. The molecule has 1 heterocycles. The zero-order valence-electron chi connectivity index (χ0n) is 12.7. The van der Waals surface area contributed by atoms with Crippen molar-refractivity contribution in [1.29, 1.82) is 0 Å². The van der Waals surface area contributed by atoms with Crippen LogP contribution in [0, 0.1) is 6.92 Å². The molecule has 22 heavy (non-hydrogen) atoms. The smallest absolute Gasteiger partial charge is 0.242 e. The van der Waals surface area contributed by atoms with Crippen molar-refractivity contribution in [2.24, 2.45) is 0 Å². The van der Waals surface area contributed by atoms with Crippen LogP contribution in [0.4, 0.5) is 0 Å². The third-order valence-corrected chi connectivity index (χ3v) is 5.61. The highest BCUT2D eigenvalue weighted by Crippen LogP contribution is 2.24. The molecule has 5 nitrogen and oxygen atoms in total. The summed E-state index contributed by atoms with van der Waals surface area (Å²) < 4.78 is 32.7. The molecule has 0 aromatic heterocycles. The summed E-state index contributed by atoms with van der Waals surface area (Å²) in [6.07, 6.45) is 1.89. The lowest BCUT2D eigenvalue weighted by molar-refractivity contribution is 0.122. The summed E-state index contributed by atoms with van der Waals surface area (Å²) >= 11 is 6.05. The van der Waals surface area contributed by atoms with Crippen molar-refractivity contribution in [2.75, 3.05) is 26.8 Å². The lowest BCUT2D eigenvalue weighted by Crippen LogP contribution is -2.52. The molecule has 0 aliphatic carbocycles. The van der Waals surface area contributed by atoms with Crippen LogP contribution < -0.4 is 10.0 Å². The van der Waals surface area contributed by atoms with Gasteiger partial charge in [0, 0.05) is 13.7 Å². The van der Waals surface area contributed by atoms with Crippen LogP contribution in [0.15, 0.2) is 23.1 Å². The Morgan fingerprint density at radius 1 is 1.45 bits per heavy atom. The fourth-order valence-corrected chi connectivity index (χ4v) is 4.33. The van der Waals surface area contributed by atoms with Crippen LogP contribution in [0.5, 0.6) is 0 Å². The molecule has 1 aromatic carbocycles. The molecule has 0 saturated carbocycles. The average Bonchev–Trinajstić information content (AvgIpc) is 2.86. The number of nitrogens with one attached hydrogen (secondary N) is 2. The van der Waals surface area contributed by atoms with Gasteiger partial charge in [0.2, 0.25) is 10.0 Å². The molecule has 1 saturated heterocycles. The third kappa shape index (κ3) is 4.57. The van der Waals surface area contributed by atoms with Crippen molar-refractivity contribution in [3.05, 3.63) is 28.8 Å². The van der Waals surface area contributed by atoms with Gasteiger partial charge in [0.1, 0.15) is 4.90 Å². The molecule has 1 fully saturated rings. The minimum Gasteiger partial charge on any atom is -0.383 e. The van der Waals surface area contributed by atoms with Crippen molar-refractivity contribution in [1.82, 2.24) is 10.0 Å². The lowest BCUT2D eigenvalue weighted by atomic mass is 9.99. The van der Waals surface area contributed by atoms with Crippen molar-refractivity contribution < 1.29 is 13.2 Å². The van der Waals surface area contributed by atoms with Gasteiger partial charge < -0.3 is 10.1 Å². The van der Waals surface area contributed by atoms with E-state index >= 15 is 0 Å². The highest BCUT2D eigenvalue weighted by molar-refractivity contribution is 7.89. The molecule has 1 aliphatic heterocycles. The van der Waals surface area contributed by atoms with Gasteiger partial charge in [0.15, 0.2) is 0 Å². The Morgan fingerprint density at radius 3 is 2.73 bits per heavy atom. The van der Waals surface area contributed by atoms with Crippen LogP contribution in [0.2, 0.25) is 5.02 Å². The molecule has 1 aliphatic rings. The Hall–Kier alpha value is -0.370. The maximum atomic E-state index is 12.4. The molecule has 1 atom stereocenters. The van der Waals surface area contributed by atoms with Gasteiger partial charge in [-0.05, 0) is 44.0 Å². The van der Waals surface area contributed by atoms with Gasteiger partial charge in [-0.2, -0.15) is 0 Å². The van der Waals surface area contributed by atoms with Gasteiger partial charge in [-0.15, -0.1) is 12.4 Å². The number of sulfonamides is 1. The van der Waals surface area contributed by atoms with E-state index in [2.05, 4.69) is 10.0 Å². The SMILES string of the molecule is COCC1(CNS(=O)(=O)c2ccc(C)cc2Cl)CCCN1.Cl. The summed E-state index contributed by atoms with van der Waals surface area (Å²) in [5.41, 5.74) is 0.589. The number of rotatable bonds is 6. The van der Waals surface area contributed by atoms with E-state index in [1.54, 1.807) is 19.2 Å². The Kier molecular flexibility index (Phi) is 7.11. The first-order chi connectivity index (χ1) is 9.88. The molecule has 0 amide bonds. The van der Waals surface area contributed by atoms with Crippen LogP contribution in [-0.4, -0.2) is 40.8 Å². The maximum absolute atomic E-state index is 12.4. The minimum absolute atomic E-state index is 0. The second kappa shape index (κ2) is 7.95. The van der Waals surface area contributed by atoms with E-state index in [-0.39, 0.29) is 34.4 Å². The first-order valence-corrected chi connectivity index (χ1v) is 8.74. The molecule has 126 valence electrons. The molecule has 1 aromatic rings. The molecule has 8 heteroatoms. The highest BCUT2D eigenvalue weighted by Gasteiger charge is 2.35. The summed E-state index contributed by atoms with van der Waals surface area (Å²) in [6.45, 7) is 3.49. The number of ether oxygens (including phenoxy) is 1. The van der Waals surface area contributed by atoms with Crippen molar-refractivity contribution in [2.45, 2.75) is 30.2 Å². The predicted octanol–water partition coefficient (Wildman–Crippen LogP) is 2.12. The van der Waals surface area contributed by atoms with Gasteiger partial charge >= 0.3 is 0 Å². The summed E-state index contributed by atoms with van der Waals surface area (Å²) in [5, 5.41) is 3.57. The van der Waals surface area contributed by atoms with E-state index in [1.165, 1.54) is 6.07 Å². The number of aryl methyl sites for hydroxylation is 1. The monoisotopic (exact) mass is 368 g/mol. The van der Waals surface area contributed by atoms with Crippen LogP contribution in [0.25, 0.3) is 0 Å². The number of halogens is 2. The second-order valence-corrected chi connectivity index (χ2v) is 7.64. The quantitative estimate of drug-likeness (QED) is 0.806. The van der Waals surface area contributed by atoms with E-state index in [0.717, 1.165) is 24.9 Å². The molecule has 0 bridgehead atoms. The number of hydrogen-bond acceptors (Lipinski definition) is 4. The summed E-state index contributed by atoms with van der Waals surface area (Å²) in [4.78, 5) is 0.111. The van der Waals surface area contributed by atoms with Crippen LogP contribution in [0.3, 0.4) is 0 Å². The predicted molar refractivity (Wildman–Crippen MR) is 90.5 cm³/mol. The van der Waals surface area contributed by atoms with Gasteiger partial charge in [-0.25, -0.2) is 13.1 Å². The standard InChI is InChI=1S/C14H21ClN2O3S.ClH/c1-11-4-5-13(12(15)8-11)21(18,19)17-9-14(10-20-2)6-3-7-16-14;/h4-5,8,16-17H,3,6-7,9-10H2,1-2H3;1H. The zero-order valence-corrected chi connectivity index (χ0v) is 15.1. The summed E-state index contributed by atoms with van der Waals surface area (Å²) in [5.74, 6) is 0. The van der Waals surface area contributed by atoms with Crippen LogP contribution >= 0.6 is 24.0 Å². The molecule has 1 unspecified atom stereocenters. The van der Waals surface area contributed by atoms with Gasteiger partial charge in [0.05, 0.1) is 17.2 Å². The fourth-order valence-electron chi connectivity index (χ4n) is 2.60. The Bertz CT molecular complexity index is 602. The number of hydrogen-bond donors (Lipinski definition) is 2. The van der Waals surface area contributed by atoms with Gasteiger partial charge in [0.25, 0.3) is 0 Å². The Labute approximate surface area is 143 Å². The fraction of sp³-hybridized carbons (Fsp3) is 0.571. The van der Waals surface area contributed by atoms with Crippen molar-refractivity contribution in [3.8, 4) is 0 Å². The van der Waals surface area contributed by atoms with Gasteiger partial charge in [-0.1, -0.05) is 17.7 Å². The Balaban J connectivity index is 0.00000242. The summed E-state index contributed by atoms with van der Waals surface area (Å²) in [6, 6.07) is 4.92.